The van der Waals surface area contributed by atoms with E-state index in [1.807, 2.05) is 33.0 Å². The molecule has 0 spiro atoms. The average Bonchev–Trinajstić information content (AvgIpc) is 3.32. The van der Waals surface area contributed by atoms with Crippen LogP contribution in [0.1, 0.15) is 42.2 Å². The minimum absolute atomic E-state index is 0.103. The van der Waals surface area contributed by atoms with Crippen molar-refractivity contribution in [2.24, 2.45) is 17.8 Å². The predicted octanol–water partition coefficient (Wildman–Crippen LogP) is 2.90. The average molecular weight is 484 g/mol. The van der Waals surface area contributed by atoms with Crippen LogP contribution in [-0.2, 0) is 22.6 Å². The number of carboxylic acids is 1. The molecule has 4 unspecified atom stereocenters. The maximum Gasteiger partial charge on any atom is 0.303 e. The second kappa shape index (κ2) is 10.0. The normalized spacial score (nSPS) is 26.8. The van der Waals surface area contributed by atoms with Gasteiger partial charge in [0.15, 0.2) is 0 Å². The number of likely N-dealkylation sites (tertiary alicyclic amines) is 2. The lowest BCUT2D eigenvalue weighted by molar-refractivity contribution is -0.139. The van der Waals surface area contributed by atoms with Crippen LogP contribution in [0.15, 0.2) is 40.5 Å². The van der Waals surface area contributed by atoms with E-state index in [0.717, 1.165) is 56.0 Å². The monoisotopic (exact) mass is 483 g/mol. The van der Waals surface area contributed by atoms with Gasteiger partial charge in [0.2, 0.25) is 5.91 Å². The molecule has 1 amide bonds. The van der Waals surface area contributed by atoms with Crippen LogP contribution in [0, 0.1) is 17.8 Å². The van der Waals surface area contributed by atoms with Crippen LogP contribution in [0.4, 0.5) is 0 Å². The first-order valence-corrected chi connectivity index (χ1v) is 13.3. The lowest BCUT2D eigenvalue weighted by atomic mass is 9.80. The summed E-state index contributed by atoms with van der Waals surface area (Å²) < 4.78 is 1.96. The lowest BCUT2D eigenvalue weighted by Gasteiger charge is -2.44. The molecule has 5 rings (SSSR count). The molecule has 4 atom stereocenters. The van der Waals surface area contributed by atoms with E-state index >= 15 is 0 Å². The number of carbonyl (C=O) groups excluding carboxylic acids is 1. The van der Waals surface area contributed by atoms with Crippen molar-refractivity contribution in [3.8, 4) is 0 Å². The van der Waals surface area contributed by atoms with Crippen molar-refractivity contribution in [2.75, 3.05) is 32.7 Å². The number of rotatable bonds is 7. The Hall–Kier alpha value is -2.45. The quantitative estimate of drug-likeness (QED) is 0.655. The number of amides is 1. The molecule has 0 radical (unpaired) electrons. The maximum atomic E-state index is 12.9. The smallest absolute Gasteiger partial charge is 0.303 e. The topological polar surface area (TPSA) is 82.8 Å². The second-order valence-electron chi connectivity index (χ2n) is 10.2. The van der Waals surface area contributed by atoms with E-state index in [1.165, 1.54) is 0 Å². The Bertz CT molecular complexity index is 1080. The Morgan fingerprint density at radius 3 is 2.74 bits per heavy atom. The first-order valence-electron chi connectivity index (χ1n) is 12.4. The highest BCUT2D eigenvalue weighted by Crippen LogP contribution is 2.36. The summed E-state index contributed by atoms with van der Waals surface area (Å²) in [5, 5.41) is 11.4. The van der Waals surface area contributed by atoms with Gasteiger partial charge in [0.05, 0.1) is 6.42 Å². The number of carboxylic acid groups (broad SMARTS) is 1. The molecule has 7 nitrogen and oxygen atoms in total. The van der Waals surface area contributed by atoms with Crippen LogP contribution in [0.25, 0.3) is 0 Å². The number of hydrogen-bond acceptors (Lipinski definition) is 5. The summed E-state index contributed by atoms with van der Waals surface area (Å²) in [4.78, 5) is 42.2. The molecule has 2 aromatic heterocycles. The molecule has 0 aromatic carbocycles. The standard InChI is InChI=1S/C26H33N3O4S/c30-24-5-1-4-23-21-11-18(15-29(23)24)14-27(16-21)8-6-20-17-28(9-7-19(20)12-26(32)33)25(31)13-22-3-2-10-34-22/h1-5,10,18-21H,6-9,11-17H2,(H,32,33). The first-order chi connectivity index (χ1) is 16.5. The van der Waals surface area contributed by atoms with E-state index in [-0.39, 0.29) is 29.7 Å². The Balaban J connectivity index is 1.22. The third kappa shape index (κ3) is 5.13. The molecule has 1 N–H and O–H groups in total. The molecule has 182 valence electrons. The van der Waals surface area contributed by atoms with Crippen molar-refractivity contribution in [2.45, 2.75) is 44.6 Å². The Morgan fingerprint density at radius 2 is 1.94 bits per heavy atom. The zero-order chi connectivity index (χ0) is 23.7. The van der Waals surface area contributed by atoms with Crippen molar-refractivity contribution in [1.29, 1.82) is 0 Å². The summed E-state index contributed by atoms with van der Waals surface area (Å²) in [6.07, 6.45) is 3.41. The van der Waals surface area contributed by atoms with Crippen LogP contribution >= 0.6 is 11.3 Å². The van der Waals surface area contributed by atoms with Gasteiger partial charge in [-0.3, -0.25) is 14.4 Å². The maximum absolute atomic E-state index is 12.9. The fraction of sp³-hybridized carbons (Fsp3) is 0.577. The van der Waals surface area contributed by atoms with Gasteiger partial charge in [0.25, 0.3) is 5.56 Å². The Labute approximate surface area is 204 Å². The second-order valence-corrected chi connectivity index (χ2v) is 11.3. The molecule has 3 aliphatic rings. The summed E-state index contributed by atoms with van der Waals surface area (Å²) in [6.45, 7) is 4.93. The van der Waals surface area contributed by atoms with Crippen LogP contribution in [0.2, 0.25) is 0 Å². The molecule has 2 bridgehead atoms. The van der Waals surface area contributed by atoms with Crippen LogP contribution < -0.4 is 5.56 Å². The number of carbonyl (C=O) groups is 2. The molecular formula is C26H33N3O4S. The van der Waals surface area contributed by atoms with Gasteiger partial charge in [-0.15, -0.1) is 11.3 Å². The van der Waals surface area contributed by atoms with Gasteiger partial charge in [-0.2, -0.15) is 0 Å². The molecule has 2 aromatic rings. The van der Waals surface area contributed by atoms with Crippen LogP contribution in [0.3, 0.4) is 0 Å². The van der Waals surface area contributed by atoms with Gasteiger partial charge in [-0.1, -0.05) is 12.1 Å². The van der Waals surface area contributed by atoms with E-state index in [2.05, 4.69) is 11.0 Å². The first kappa shape index (κ1) is 23.3. The number of aliphatic carboxylic acids is 1. The van der Waals surface area contributed by atoms with E-state index < -0.39 is 5.97 Å². The van der Waals surface area contributed by atoms with Gasteiger partial charge in [0.1, 0.15) is 0 Å². The SMILES string of the molecule is O=C(O)CC1CCN(C(=O)Cc2cccs2)CC1CCN1CC2CC(C1)c1cccc(=O)n1C2. The number of piperidine rings is 2. The number of thiophene rings is 1. The molecule has 34 heavy (non-hydrogen) atoms. The van der Waals surface area contributed by atoms with Gasteiger partial charge in [-0.25, -0.2) is 0 Å². The number of pyridine rings is 1. The third-order valence-corrected chi connectivity index (χ3v) is 8.83. The zero-order valence-corrected chi connectivity index (χ0v) is 20.3. The molecule has 8 heteroatoms. The number of aromatic nitrogens is 1. The highest BCUT2D eigenvalue weighted by Gasteiger charge is 2.36. The van der Waals surface area contributed by atoms with Crippen molar-refractivity contribution >= 4 is 23.2 Å². The number of fused-ring (bicyclic) bond motifs is 4. The molecule has 5 heterocycles. The van der Waals surface area contributed by atoms with Gasteiger partial charge < -0.3 is 19.5 Å². The Kier molecular flexibility index (Phi) is 6.88. The van der Waals surface area contributed by atoms with Crippen molar-refractivity contribution in [3.63, 3.8) is 0 Å². The highest BCUT2D eigenvalue weighted by molar-refractivity contribution is 7.10. The molecule has 0 saturated carbocycles. The summed E-state index contributed by atoms with van der Waals surface area (Å²) in [6, 6.07) is 9.58. The van der Waals surface area contributed by atoms with Crippen LogP contribution in [0.5, 0.6) is 0 Å². The largest absolute Gasteiger partial charge is 0.481 e. The molecule has 0 aliphatic carbocycles. The van der Waals surface area contributed by atoms with E-state index in [1.54, 1.807) is 17.4 Å². The van der Waals surface area contributed by atoms with Crippen molar-refractivity contribution in [1.82, 2.24) is 14.4 Å². The highest BCUT2D eigenvalue weighted by atomic mass is 32.1. The summed E-state index contributed by atoms with van der Waals surface area (Å²) >= 11 is 1.60. The van der Waals surface area contributed by atoms with Crippen molar-refractivity contribution in [3.05, 3.63) is 56.6 Å². The number of hydrogen-bond donors (Lipinski definition) is 1. The van der Waals surface area contributed by atoms with Crippen molar-refractivity contribution < 1.29 is 14.7 Å². The molecular weight excluding hydrogens is 450 g/mol. The fourth-order valence-electron chi connectivity index (χ4n) is 6.33. The molecule has 3 aliphatic heterocycles. The van der Waals surface area contributed by atoms with E-state index in [4.69, 9.17) is 0 Å². The summed E-state index contributed by atoms with van der Waals surface area (Å²) in [7, 11) is 0. The van der Waals surface area contributed by atoms with E-state index in [9.17, 15) is 19.5 Å². The number of nitrogens with zero attached hydrogens (tertiary/aromatic N) is 3. The van der Waals surface area contributed by atoms with Gasteiger partial charge >= 0.3 is 5.97 Å². The van der Waals surface area contributed by atoms with Crippen LogP contribution in [-0.4, -0.2) is 64.1 Å². The Morgan fingerprint density at radius 1 is 1.06 bits per heavy atom. The summed E-state index contributed by atoms with van der Waals surface area (Å²) in [5.41, 5.74) is 1.26. The van der Waals surface area contributed by atoms with Gasteiger partial charge in [-0.05, 0) is 61.1 Å². The molecule has 2 fully saturated rings. The zero-order valence-electron chi connectivity index (χ0n) is 19.5. The minimum Gasteiger partial charge on any atom is -0.481 e. The lowest BCUT2D eigenvalue weighted by Crippen LogP contribution is -2.49. The minimum atomic E-state index is -0.747. The predicted molar refractivity (Wildman–Crippen MR) is 131 cm³/mol. The van der Waals surface area contributed by atoms with E-state index in [0.29, 0.717) is 31.3 Å². The van der Waals surface area contributed by atoms with Gasteiger partial charge in [0, 0.05) is 61.7 Å². The summed E-state index contributed by atoms with van der Waals surface area (Å²) in [5.74, 6) is 0.585. The molecule has 2 saturated heterocycles. The fourth-order valence-corrected chi connectivity index (χ4v) is 7.02. The third-order valence-electron chi connectivity index (χ3n) is 7.96.